The zero-order chi connectivity index (χ0) is 7.14. The molecule has 0 heterocycles. The van der Waals surface area contributed by atoms with Crippen LogP contribution in [0.15, 0.2) is 22.7 Å². The largest absolute Gasteiger partial charge is 0.242 e. The Kier molecular flexibility index (Phi) is 1.31. The molecule has 0 bridgehead atoms. The van der Waals surface area contributed by atoms with Gasteiger partial charge in [-0.1, -0.05) is 22.0 Å². The van der Waals surface area contributed by atoms with E-state index in [0.29, 0.717) is 6.42 Å². The molecular weight excluding hydrogens is 195 g/mol. The zero-order valence-electron chi connectivity index (χ0n) is 5.27. The summed E-state index contributed by atoms with van der Waals surface area (Å²) >= 11 is 3.29. The van der Waals surface area contributed by atoms with Gasteiger partial charge < -0.3 is 0 Å². The Morgan fingerprint density at radius 1 is 1.50 bits per heavy atom. The average Bonchev–Trinajstić information content (AvgIpc) is 1.92. The summed E-state index contributed by atoms with van der Waals surface area (Å²) in [5, 5.41) is 0. The SMILES string of the molecule is FC1Cc2ccc(Br)cc21. The lowest BCUT2D eigenvalue weighted by molar-refractivity contribution is 0.306. The van der Waals surface area contributed by atoms with Crippen molar-refractivity contribution in [1.29, 1.82) is 0 Å². The molecule has 0 radical (unpaired) electrons. The van der Waals surface area contributed by atoms with Crippen molar-refractivity contribution in [3.05, 3.63) is 33.8 Å². The number of rotatable bonds is 0. The van der Waals surface area contributed by atoms with Crippen molar-refractivity contribution in [2.75, 3.05) is 0 Å². The molecule has 0 fully saturated rings. The molecule has 1 unspecified atom stereocenters. The Hall–Kier alpha value is -0.370. The van der Waals surface area contributed by atoms with E-state index in [1.807, 2.05) is 18.2 Å². The third-order valence-electron chi connectivity index (χ3n) is 1.84. The van der Waals surface area contributed by atoms with E-state index in [1.54, 1.807) is 0 Å². The molecule has 2 heteroatoms. The third-order valence-corrected chi connectivity index (χ3v) is 2.34. The topological polar surface area (TPSA) is 0 Å². The first-order valence-corrected chi connectivity index (χ1v) is 3.99. The monoisotopic (exact) mass is 200 g/mol. The fourth-order valence-electron chi connectivity index (χ4n) is 1.22. The van der Waals surface area contributed by atoms with E-state index in [-0.39, 0.29) is 0 Å². The second-order valence-electron chi connectivity index (χ2n) is 2.51. The molecule has 0 saturated carbocycles. The van der Waals surface area contributed by atoms with Crippen LogP contribution in [0.3, 0.4) is 0 Å². The van der Waals surface area contributed by atoms with Crippen LogP contribution in [0.5, 0.6) is 0 Å². The van der Waals surface area contributed by atoms with E-state index in [4.69, 9.17) is 0 Å². The van der Waals surface area contributed by atoms with Crippen LogP contribution in [0.4, 0.5) is 4.39 Å². The number of hydrogen-bond acceptors (Lipinski definition) is 0. The summed E-state index contributed by atoms with van der Waals surface area (Å²) in [6.07, 6.45) is -0.115. The van der Waals surface area contributed by atoms with Crippen LogP contribution in [-0.2, 0) is 6.42 Å². The highest BCUT2D eigenvalue weighted by molar-refractivity contribution is 9.10. The van der Waals surface area contributed by atoms with Crippen molar-refractivity contribution >= 4 is 15.9 Å². The van der Waals surface area contributed by atoms with Crippen LogP contribution in [0.2, 0.25) is 0 Å². The lowest BCUT2D eigenvalue weighted by atomic mass is 9.87. The molecule has 0 aromatic heterocycles. The molecule has 10 heavy (non-hydrogen) atoms. The van der Waals surface area contributed by atoms with Gasteiger partial charge >= 0.3 is 0 Å². The van der Waals surface area contributed by atoms with E-state index in [1.165, 1.54) is 0 Å². The first kappa shape index (κ1) is 6.35. The van der Waals surface area contributed by atoms with Crippen LogP contribution < -0.4 is 0 Å². The third kappa shape index (κ3) is 0.788. The summed E-state index contributed by atoms with van der Waals surface area (Å²) in [5.74, 6) is 0. The van der Waals surface area contributed by atoms with Crippen LogP contribution in [0.25, 0.3) is 0 Å². The van der Waals surface area contributed by atoms with Crippen LogP contribution in [0, 0.1) is 0 Å². The standard InChI is InChI=1S/C8H6BrF/c9-6-2-1-5-3-8(10)7(5)4-6/h1-2,4,8H,3H2. The molecule has 0 amide bonds. The highest BCUT2D eigenvalue weighted by Gasteiger charge is 2.24. The molecule has 1 aliphatic rings. The maximum atomic E-state index is 12.7. The summed E-state index contributed by atoms with van der Waals surface area (Å²) in [7, 11) is 0. The van der Waals surface area contributed by atoms with Crippen molar-refractivity contribution in [1.82, 2.24) is 0 Å². The van der Waals surface area contributed by atoms with E-state index >= 15 is 0 Å². The molecule has 52 valence electrons. The van der Waals surface area contributed by atoms with Gasteiger partial charge in [0.05, 0.1) is 0 Å². The van der Waals surface area contributed by atoms with Crippen LogP contribution in [0.1, 0.15) is 17.3 Å². The number of hydrogen-bond donors (Lipinski definition) is 0. The van der Waals surface area contributed by atoms with Gasteiger partial charge in [0, 0.05) is 10.9 Å². The highest BCUT2D eigenvalue weighted by Crippen LogP contribution is 2.37. The molecule has 1 aliphatic carbocycles. The van der Waals surface area contributed by atoms with Crippen LogP contribution in [-0.4, -0.2) is 0 Å². The Bertz CT molecular complexity index is 270. The van der Waals surface area contributed by atoms with E-state index in [0.717, 1.165) is 15.6 Å². The molecule has 0 aliphatic heterocycles. The quantitative estimate of drug-likeness (QED) is 0.605. The molecule has 0 saturated heterocycles. The van der Waals surface area contributed by atoms with Crippen molar-refractivity contribution in [3.8, 4) is 0 Å². The van der Waals surface area contributed by atoms with Gasteiger partial charge in [0.15, 0.2) is 0 Å². The van der Waals surface area contributed by atoms with E-state index in [2.05, 4.69) is 15.9 Å². The molecule has 1 atom stereocenters. The maximum Gasteiger partial charge on any atom is 0.129 e. The minimum atomic E-state index is -0.715. The average molecular weight is 201 g/mol. The minimum Gasteiger partial charge on any atom is -0.242 e. The molecule has 0 nitrogen and oxygen atoms in total. The Balaban J connectivity index is 2.51. The number of benzene rings is 1. The summed E-state index contributed by atoms with van der Waals surface area (Å²) in [6.45, 7) is 0. The normalized spacial score (nSPS) is 21.6. The number of halogens is 2. The smallest absolute Gasteiger partial charge is 0.129 e. The summed E-state index contributed by atoms with van der Waals surface area (Å²) < 4.78 is 13.6. The summed E-state index contributed by atoms with van der Waals surface area (Å²) in [5.41, 5.74) is 2.00. The van der Waals surface area contributed by atoms with Crippen molar-refractivity contribution in [2.24, 2.45) is 0 Å². The molecule has 0 N–H and O–H groups in total. The predicted molar refractivity (Wildman–Crippen MR) is 41.7 cm³/mol. The number of fused-ring (bicyclic) bond motifs is 1. The van der Waals surface area contributed by atoms with E-state index < -0.39 is 6.17 Å². The molecule has 0 spiro atoms. The van der Waals surface area contributed by atoms with Gasteiger partial charge in [0.2, 0.25) is 0 Å². The fourth-order valence-corrected chi connectivity index (χ4v) is 1.59. The van der Waals surface area contributed by atoms with Gasteiger partial charge in [-0.15, -0.1) is 0 Å². The predicted octanol–water partition coefficient (Wildman–Crippen LogP) is 3.02. The first-order valence-electron chi connectivity index (χ1n) is 3.20. The van der Waals surface area contributed by atoms with Gasteiger partial charge in [-0.2, -0.15) is 0 Å². The Morgan fingerprint density at radius 2 is 2.30 bits per heavy atom. The molecule has 1 aromatic carbocycles. The number of alkyl halides is 1. The molecule has 1 aromatic rings. The van der Waals surface area contributed by atoms with E-state index in [9.17, 15) is 4.39 Å². The van der Waals surface area contributed by atoms with Crippen molar-refractivity contribution in [2.45, 2.75) is 12.6 Å². The fraction of sp³-hybridized carbons (Fsp3) is 0.250. The molecular formula is C8H6BrF. The lowest BCUT2D eigenvalue weighted by Gasteiger charge is -2.23. The summed E-state index contributed by atoms with van der Waals surface area (Å²) in [4.78, 5) is 0. The second-order valence-corrected chi connectivity index (χ2v) is 3.43. The van der Waals surface area contributed by atoms with Gasteiger partial charge in [0.25, 0.3) is 0 Å². The Labute approximate surface area is 67.2 Å². The van der Waals surface area contributed by atoms with Crippen molar-refractivity contribution < 1.29 is 4.39 Å². The van der Waals surface area contributed by atoms with Crippen molar-refractivity contribution in [3.63, 3.8) is 0 Å². The lowest BCUT2D eigenvalue weighted by Crippen LogP contribution is -2.11. The highest BCUT2D eigenvalue weighted by atomic mass is 79.9. The van der Waals surface area contributed by atoms with Gasteiger partial charge in [-0.3, -0.25) is 0 Å². The maximum absolute atomic E-state index is 12.7. The summed E-state index contributed by atoms with van der Waals surface area (Å²) in [6, 6.07) is 5.77. The van der Waals surface area contributed by atoms with Crippen LogP contribution >= 0.6 is 15.9 Å². The second kappa shape index (κ2) is 2.06. The molecule has 2 rings (SSSR count). The van der Waals surface area contributed by atoms with Gasteiger partial charge in [-0.25, -0.2) is 4.39 Å². The zero-order valence-corrected chi connectivity index (χ0v) is 6.86. The minimum absolute atomic E-state index is 0.600. The Morgan fingerprint density at radius 3 is 2.90 bits per heavy atom. The first-order chi connectivity index (χ1) is 4.77. The van der Waals surface area contributed by atoms with Gasteiger partial charge in [-0.05, 0) is 23.3 Å². The van der Waals surface area contributed by atoms with Gasteiger partial charge in [0.1, 0.15) is 6.17 Å².